The Morgan fingerprint density at radius 3 is 2.67 bits per heavy atom. The molecular formula is C15H14Br2ClNOS. The minimum absolute atomic E-state index is 0.0974. The summed E-state index contributed by atoms with van der Waals surface area (Å²) in [4.78, 5) is 14.4. The highest BCUT2D eigenvalue weighted by Crippen LogP contribution is 2.32. The van der Waals surface area contributed by atoms with Crippen LogP contribution in [0.15, 0.2) is 37.9 Å². The molecule has 1 atom stereocenters. The second kappa shape index (κ2) is 7.38. The first-order valence-electron chi connectivity index (χ1n) is 6.32. The highest BCUT2D eigenvalue weighted by atomic mass is 79.9. The Labute approximate surface area is 150 Å². The zero-order valence-corrected chi connectivity index (χ0v) is 16.3. The number of nitrogens with zero attached hydrogens (tertiary/aromatic N) is 1. The molecule has 1 aromatic carbocycles. The van der Waals surface area contributed by atoms with E-state index in [1.807, 2.05) is 42.3 Å². The Kier molecular flexibility index (Phi) is 6.03. The van der Waals surface area contributed by atoms with Crippen molar-refractivity contribution in [1.82, 2.24) is 4.90 Å². The molecule has 0 aliphatic rings. The van der Waals surface area contributed by atoms with Crippen molar-refractivity contribution in [2.75, 3.05) is 13.6 Å². The molecule has 0 aliphatic heterocycles. The van der Waals surface area contributed by atoms with Crippen molar-refractivity contribution in [2.24, 2.45) is 0 Å². The molecule has 0 N–H and O–H groups in total. The summed E-state index contributed by atoms with van der Waals surface area (Å²) < 4.78 is 1.81. The molecule has 0 bridgehead atoms. The molecule has 0 saturated carbocycles. The van der Waals surface area contributed by atoms with Gasteiger partial charge in [0, 0.05) is 16.6 Å². The van der Waals surface area contributed by atoms with Gasteiger partial charge in [0.05, 0.1) is 14.1 Å². The molecule has 112 valence electrons. The smallest absolute Gasteiger partial charge is 0.178 e. The van der Waals surface area contributed by atoms with Gasteiger partial charge in [0.25, 0.3) is 0 Å². The van der Waals surface area contributed by atoms with E-state index < -0.39 is 0 Å². The molecular weight excluding hydrogens is 437 g/mol. The number of benzene rings is 1. The predicted octanol–water partition coefficient (Wildman–Crippen LogP) is 5.80. The first-order valence-corrected chi connectivity index (χ1v) is 9.10. The third kappa shape index (κ3) is 4.39. The summed E-state index contributed by atoms with van der Waals surface area (Å²) >= 11 is 14.4. The van der Waals surface area contributed by atoms with Crippen LogP contribution in [0, 0.1) is 0 Å². The van der Waals surface area contributed by atoms with Gasteiger partial charge in [-0.3, -0.25) is 9.69 Å². The summed E-state index contributed by atoms with van der Waals surface area (Å²) in [5.41, 5.74) is 1.82. The van der Waals surface area contributed by atoms with Crippen LogP contribution in [0.3, 0.4) is 0 Å². The first-order chi connectivity index (χ1) is 9.88. The fourth-order valence-corrected chi connectivity index (χ4v) is 5.05. The van der Waals surface area contributed by atoms with Gasteiger partial charge in [0.1, 0.15) is 0 Å². The maximum absolute atomic E-state index is 12.4. The number of halogens is 3. The molecule has 0 amide bonds. The fraction of sp³-hybridized carbons (Fsp3) is 0.267. The Morgan fingerprint density at radius 1 is 1.38 bits per heavy atom. The van der Waals surface area contributed by atoms with E-state index in [1.54, 1.807) is 0 Å². The number of likely N-dealkylation sites (N-methyl/N-ethyl adjacent to an activating group) is 1. The molecule has 21 heavy (non-hydrogen) atoms. The molecule has 0 radical (unpaired) electrons. The van der Waals surface area contributed by atoms with Crippen LogP contribution in [-0.2, 0) is 0 Å². The number of carbonyl (C=O) groups is 1. The fourth-order valence-electron chi connectivity index (χ4n) is 2.00. The van der Waals surface area contributed by atoms with E-state index in [4.69, 9.17) is 11.6 Å². The molecule has 0 aliphatic carbocycles. The minimum atomic E-state index is 0.0974. The van der Waals surface area contributed by atoms with Gasteiger partial charge in [-0.15, -0.1) is 11.3 Å². The van der Waals surface area contributed by atoms with Crippen molar-refractivity contribution < 1.29 is 4.79 Å². The van der Waals surface area contributed by atoms with Crippen molar-refractivity contribution in [3.63, 3.8) is 0 Å². The summed E-state index contributed by atoms with van der Waals surface area (Å²) in [6.45, 7) is 2.42. The van der Waals surface area contributed by atoms with Crippen LogP contribution in [0.5, 0.6) is 0 Å². The third-order valence-corrected chi connectivity index (χ3v) is 5.92. The molecule has 1 aromatic heterocycles. The molecule has 6 heteroatoms. The van der Waals surface area contributed by atoms with E-state index >= 15 is 0 Å². The van der Waals surface area contributed by atoms with Crippen LogP contribution in [0.1, 0.15) is 28.9 Å². The predicted molar refractivity (Wildman–Crippen MR) is 96.5 cm³/mol. The number of Topliss-reactive ketones (excluding diaryl/α,β-unsaturated/α-hetero) is 1. The first kappa shape index (κ1) is 17.2. The molecule has 2 aromatic rings. The molecule has 1 heterocycles. The molecule has 1 unspecified atom stereocenters. The number of hydrogen-bond acceptors (Lipinski definition) is 3. The number of ketones is 1. The number of hydrogen-bond donors (Lipinski definition) is 0. The van der Waals surface area contributed by atoms with Gasteiger partial charge in [-0.1, -0.05) is 23.7 Å². The number of rotatable bonds is 5. The average molecular weight is 452 g/mol. The quantitative estimate of drug-likeness (QED) is 0.535. The average Bonchev–Trinajstić information content (AvgIpc) is 2.76. The Balaban J connectivity index is 2.08. The van der Waals surface area contributed by atoms with Crippen LogP contribution >= 0.6 is 54.8 Å². The van der Waals surface area contributed by atoms with E-state index in [0.29, 0.717) is 11.6 Å². The molecule has 2 rings (SSSR count). The molecule has 2 nitrogen and oxygen atoms in total. The Hall–Kier alpha value is -0.200. The Bertz CT molecular complexity index is 659. The van der Waals surface area contributed by atoms with Gasteiger partial charge in [-0.2, -0.15) is 0 Å². The van der Waals surface area contributed by atoms with Crippen molar-refractivity contribution in [3.8, 4) is 0 Å². The second-order valence-electron chi connectivity index (χ2n) is 4.81. The van der Waals surface area contributed by atoms with Crippen molar-refractivity contribution in [3.05, 3.63) is 54.1 Å². The summed E-state index contributed by atoms with van der Waals surface area (Å²) in [5, 5.41) is 0.712. The maximum Gasteiger partial charge on any atom is 0.178 e. The lowest BCUT2D eigenvalue weighted by Crippen LogP contribution is -2.28. The van der Waals surface area contributed by atoms with Gasteiger partial charge in [-0.05, 0) is 69.6 Å². The maximum atomic E-state index is 12.4. The Morgan fingerprint density at radius 2 is 2.10 bits per heavy atom. The van der Waals surface area contributed by atoms with Crippen LogP contribution in [-0.4, -0.2) is 24.3 Å². The van der Waals surface area contributed by atoms with Gasteiger partial charge in [0.15, 0.2) is 5.78 Å². The van der Waals surface area contributed by atoms with E-state index in [0.717, 1.165) is 18.7 Å². The van der Waals surface area contributed by atoms with Crippen molar-refractivity contribution in [2.45, 2.75) is 13.0 Å². The van der Waals surface area contributed by atoms with Crippen LogP contribution in [0.4, 0.5) is 0 Å². The zero-order valence-electron chi connectivity index (χ0n) is 11.6. The summed E-state index contributed by atoms with van der Waals surface area (Å²) in [7, 11) is 1.94. The highest BCUT2D eigenvalue weighted by Gasteiger charge is 2.19. The third-order valence-electron chi connectivity index (χ3n) is 3.34. The van der Waals surface area contributed by atoms with Crippen molar-refractivity contribution in [1.29, 1.82) is 0 Å². The van der Waals surface area contributed by atoms with Crippen molar-refractivity contribution >= 4 is 60.6 Å². The lowest BCUT2D eigenvalue weighted by molar-refractivity contribution is 0.0924. The van der Waals surface area contributed by atoms with E-state index in [-0.39, 0.29) is 11.8 Å². The van der Waals surface area contributed by atoms with E-state index in [2.05, 4.69) is 38.8 Å². The number of thiophene rings is 1. The highest BCUT2D eigenvalue weighted by molar-refractivity contribution is 9.12. The van der Waals surface area contributed by atoms with Crippen LogP contribution in [0.2, 0.25) is 5.02 Å². The van der Waals surface area contributed by atoms with E-state index in [9.17, 15) is 4.79 Å². The van der Waals surface area contributed by atoms with Crippen LogP contribution in [0.25, 0.3) is 0 Å². The van der Waals surface area contributed by atoms with Gasteiger partial charge < -0.3 is 0 Å². The summed E-state index contributed by atoms with van der Waals surface area (Å²) in [6, 6.07) is 9.71. The molecule has 0 saturated heterocycles. The SMILES string of the molecule is CC(c1cccc(Cl)c1)N(C)CC(=O)c1cc(Br)sc1Br. The largest absolute Gasteiger partial charge is 0.293 e. The normalized spacial score (nSPS) is 12.7. The lowest BCUT2D eigenvalue weighted by Gasteiger charge is -2.24. The summed E-state index contributed by atoms with van der Waals surface area (Å²) in [6.07, 6.45) is 0. The monoisotopic (exact) mass is 449 g/mol. The summed E-state index contributed by atoms with van der Waals surface area (Å²) in [5.74, 6) is 0.0974. The topological polar surface area (TPSA) is 20.3 Å². The zero-order chi connectivity index (χ0) is 15.6. The van der Waals surface area contributed by atoms with Gasteiger partial charge in [0.2, 0.25) is 0 Å². The van der Waals surface area contributed by atoms with Gasteiger partial charge >= 0.3 is 0 Å². The van der Waals surface area contributed by atoms with Crippen LogP contribution < -0.4 is 0 Å². The van der Waals surface area contributed by atoms with E-state index in [1.165, 1.54) is 11.3 Å². The molecule has 0 fully saturated rings. The minimum Gasteiger partial charge on any atom is -0.293 e. The standard InChI is InChI=1S/C15H14Br2ClNOS/c1-9(10-4-3-5-11(18)6-10)19(2)8-13(20)12-7-14(16)21-15(12)17/h3-7,9H,8H2,1-2H3. The van der Waals surface area contributed by atoms with Gasteiger partial charge in [-0.25, -0.2) is 0 Å². The lowest BCUT2D eigenvalue weighted by atomic mass is 10.1. The number of carbonyl (C=O) groups excluding carboxylic acids is 1. The molecule has 0 spiro atoms. The second-order valence-corrected chi connectivity index (χ2v) is 8.99.